The lowest BCUT2D eigenvalue weighted by Gasteiger charge is -2.14. The molecular formula is C17H19ClFNO2. The number of rotatable bonds is 7. The lowest BCUT2D eigenvalue weighted by molar-refractivity contribution is 0.146. The van der Waals surface area contributed by atoms with Gasteiger partial charge >= 0.3 is 0 Å². The van der Waals surface area contributed by atoms with Gasteiger partial charge in [-0.15, -0.1) is 0 Å². The minimum Gasteiger partial charge on any atom is -0.491 e. The number of benzene rings is 2. The summed E-state index contributed by atoms with van der Waals surface area (Å²) in [7, 11) is 3.48. The highest BCUT2D eigenvalue weighted by molar-refractivity contribution is 6.33. The summed E-state index contributed by atoms with van der Waals surface area (Å²) in [4.78, 5) is 0. The zero-order valence-electron chi connectivity index (χ0n) is 12.7. The average Bonchev–Trinajstić information content (AvgIpc) is 2.51. The predicted molar refractivity (Wildman–Crippen MR) is 87.0 cm³/mol. The molecule has 0 unspecified atom stereocenters. The molecule has 0 fully saturated rings. The predicted octanol–water partition coefficient (Wildman–Crippen LogP) is 3.89. The summed E-state index contributed by atoms with van der Waals surface area (Å²) in [5, 5.41) is 3.61. The number of ether oxygens (including phenoxy) is 2. The standard InChI is InChI=1S/C17H19ClFNO2/c1-20-11-12-3-5-14(22-8-7-21-2)10-15(12)16-9-13(19)4-6-17(16)18/h3-6,9-10,20H,7-8,11H2,1-2H3. The highest BCUT2D eigenvalue weighted by atomic mass is 35.5. The first-order valence-electron chi connectivity index (χ1n) is 7.00. The molecule has 118 valence electrons. The summed E-state index contributed by atoms with van der Waals surface area (Å²) in [6, 6.07) is 10.1. The average molecular weight is 324 g/mol. The Bertz CT molecular complexity index is 634. The van der Waals surface area contributed by atoms with Crippen molar-refractivity contribution in [3.63, 3.8) is 0 Å². The van der Waals surface area contributed by atoms with Crippen LogP contribution < -0.4 is 10.1 Å². The molecule has 3 nitrogen and oxygen atoms in total. The van der Waals surface area contributed by atoms with E-state index in [1.807, 2.05) is 25.2 Å². The molecule has 0 amide bonds. The molecule has 22 heavy (non-hydrogen) atoms. The van der Waals surface area contributed by atoms with Gasteiger partial charge in [0.1, 0.15) is 18.2 Å². The molecule has 0 spiro atoms. The van der Waals surface area contributed by atoms with Crippen LogP contribution in [0.15, 0.2) is 36.4 Å². The second-order valence-electron chi connectivity index (χ2n) is 4.81. The Balaban J connectivity index is 2.40. The van der Waals surface area contributed by atoms with E-state index in [0.717, 1.165) is 11.1 Å². The van der Waals surface area contributed by atoms with Gasteiger partial charge in [-0.3, -0.25) is 0 Å². The molecule has 0 aliphatic rings. The van der Waals surface area contributed by atoms with Crippen molar-refractivity contribution in [1.82, 2.24) is 5.32 Å². The van der Waals surface area contributed by atoms with Gasteiger partial charge in [-0.05, 0) is 48.5 Å². The minimum atomic E-state index is -0.319. The second kappa shape index (κ2) is 8.13. The van der Waals surface area contributed by atoms with Crippen LogP contribution in [-0.4, -0.2) is 27.4 Å². The highest BCUT2D eigenvalue weighted by Gasteiger charge is 2.11. The highest BCUT2D eigenvalue weighted by Crippen LogP contribution is 2.33. The van der Waals surface area contributed by atoms with E-state index < -0.39 is 0 Å². The lowest BCUT2D eigenvalue weighted by atomic mass is 9.99. The first-order chi connectivity index (χ1) is 10.7. The summed E-state index contributed by atoms with van der Waals surface area (Å²) >= 11 is 6.23. The summed E-state index contributed by atoms with van der Waals surface area (Å²) in [5.74, 6) is 0.382. The number of hydrogen-bond donors (Lipinski definition) is 1. The van der Waals surface area contributed by atoms with Crippen LogP contribution in [0.2, 0.25) is 5.02 Å². The van der Waals surface area contributed by atoms with E-state index in [0.29, 0.717) is 36.1 Å². The molecule has 2 rings (SSSR count). The fourth-order valence-electron chi connectivity index (χ4n) is 2.19. The van der Waals surface area contributed by atoms with Gasteiger partial charge < -0.3 is 14.8 Å². The van der Waals surface area contributed by atoms with E-state index in [1.54, 1.807) is 13.2 Å². The van der Waals surface area contributed by atoms with E-state index in [-0.39, 0.29) is 5.82 Å². The number of hydrogen-bond acceptors (Lipinski definition) is 3. The third kappa shape index (κ3) is 4.19. The third-order valence-electron chi connectivity index (χ3n) is 3.22. The SMILES string of the molecule is CNCc1ccc(OCCOC)cc1-c1cc(F)ccc1Cl. The molecule has 0 saturated heterocycles. The van der Waals surface area contributed by atoms with Gasteiger partial charge in [0, 0.05) is 24.2 Å². The Morgan fingerprint density at radius 2 is 1.91 bits per heavy atom. The maximum atomic E-state index is 13.6. The van der Waals surface area contributed by atoms with E-state index in [2.05, 4.69) is 5.32 Å². The van der Waals surface area contributed by atoms with Gasteiger partial charge in [0.25, 0.3) is 0 Å². The van der Waals surface area contributed by atoms with Crippen molar-refractivity contribution in [3.8, 4) is 16.9 Å². The summed E-state index contributed by atoms with van der Waals surface area (Å²) in [6.45, 7) is 1.62. The molecule has 0 aliphatic carbocycles. The van der Waals surface area contributed by atoms with Gasteiger partial charge in [0.05, 0.1) is 6.61 Å². The van der Waals surface area contributed by atoms with Crippen molar-refractivity contribution >= 4 is 11.6 Å². The first-order valence-corrected chi connectivity index (χ1v) is 7.38. The molecule has 2 aromatic carbocycles. The Labute approximate surface area is 135 Å². The van der Waals surface area contributed by atoms with E-state index in [9.17, 15) is 4.39 Å². The second-order valence-corrected chi connectivity index (χ2v) is 5.22. The molecule has 0 aromatic heterocycles. The van der Waals surface area contributed by atoms with Gasteiger partial charge in [0.15, 0.2) is 0 Å². The number of halogens is 2. The molecule has 0 radical (unpaired) electrons. The van der Waals surface area contributed by atoms with Crippen LogP contribution in [0.1, 0.15) is 5.56 Å². The van der Waals surface area contributed by atoms with Crippen LogP contribution >= 0.6 is 11.6 Å². The van der Waals surface area contributed by atoms with Gasteiger partial charge in [0.2, 0.25) is 0 Å². The van der Waals surface area contributed by atoms with Crippen LogP contribution in [0.4, 0.5) is 4.39 Å². The number of methoxy groups -OCH3 is 1. The molecule has 0 bridgehead atoms. The topological polar surface area (TPSA) is 30.5 Å². The Kier molecular flexibility index (Phi) is 6.19. The van der Waals surface area contributed by atoms with Crippen LogP contribution in [0, 0.1) is 5.82 Å². The van der Waals surface area contributed by atoms with E-state index >= 15 is 0 Å². The molecule has 2 aromatic rings. The number of nitrogens with one attached hydrogen (secondary N) is 1. The monoisotopic (exact) mass is 323 g/mol. The quantitative estimate of drug-likeness (QED) is 0.784. The lowest BCUT2D eigenvalue weighted by Crippen LogP contribution is -2.08. The Morgan fingerprint density at radius 1 is 1.09 bits per heavy atom. The normalized spacial score (nSPS) is 10.7. The fourth-order valence-corrected chi connectivity index (χ4v) is 2.41. The van der Waals surface area contributed by atoms with Crippen LogP contribution in [0.3, 0.4) is 0 Å². The Hall–Kier alpha value is -1.62. The molecular weight excluding hydrogens is 305 g/mol. The zero-order chi connectivity index (χ0) is 15.9. The van der Waals surface area contributed by atoms with Crippen molar-refractivity contribution in [1.29, 1.82) is 0 Å². The van der Waals surface area contributed by atoms with Crippen molar-refractivity contribution in [2.75, 3.05) is 27.4 Å². The molecule has 0 saturated carbocycles. The largest absolute Gasteiger partial charge is 0.491 e. The summed E-state index contributed by atoms with van der Waals surface area (Å²) in [6.07, 6.45) is 0. The van der Waals surface area contributed by atoms with Crippen molar-refractivity contribution < 1.29 is 13.9 Å². The fraction of sp³-hybridized carbons (Fsp3) is 0.294. The van der Waals surface area contributed by atoms with Crippen molar-refractivity contribution in [3.05, 3.63) is 52.8 Å². The smallest absolute Gasteiger partial charge is 0.123 e. The maximum absolute atomic E-state index is 13.6. The van der Waals surface area contributed by atoms with Crippen molar-refractivity contribution in [2.24, 2.45) is 0 Å². The van der Waals surface area contributed by atoms with E-state index in [1.165, 1.54) is 12.1 Å². The minimum absolute atomic E-state index is 0.319. The molecule has 0 aliphatic heterocycles. The summed E-state index contributed by atoms with van der Waals surface area (Å²) < 4.78 is 24.2. The molecule has 1 N–H and O–H groups in total. The third-order valence-corrected chi connectivity index (χ3v) is 3.55. The van der Waals surface area contributed by atoms with Crippen LogP contribution in [-0.2, 0) is 11.3 Å². The van der Waals surface area contributed by atoms with Crippen LogP contribution in [0.5, 0.6) is 5.75 Å². The van der Waals surface area contributed by atoms with Crippen LogP contribution in [0.25, 0.3) is 11.1 Å². The van der Waals surface area contributed by atoms with Gasteiger partial charge in [-0.2, -0.15) is 0 Å². The summed E-state index contributed by atoms with van der Waals surface area (Å²) in [5.41, 5.74) is 2.53. The van der Waals surface area contributed by atoms with Crippen molar-refractivity contribution in [2.45, 2.75) is 6.54 Å². The zero-order valence-corrected chi connectivity index (χ0v) is 13.4. The Morgan fingerprint density at radius 3 is 2.64 bits per heavy atom. The molecule has 0 atom stereocenters. The van der Waals surface area contributed by atoms with Gasteiger partial charge in [-0.1, -0.05) is 17.7 Å². The van der Waals surface area contributed by atoms with E-state index in [4.69, 9.17) is 21.1 Å². The van der Waals surface area contributed by atoms with Gasteiger partial charge in [-0.25, -0.2) is 4.39 Å². The molecule has 5 heteroatoms. The molecule has 0 heterocycles. The first kappa shape index (κ1) is 16.7. The maximum Gasteiger partial charge on any atom is 0.123 e.